The molecule has 1 rings (SSSR count). The van der Waals surface area contributed by atoms with Crippen molar-refractivity contribution in [2.24, 2.45) is 7.05 Å². The lowest BCUT2D eigenvalue weighted by Crippen LogP contribution is -2.41. The van der Waals surface area contributed by atoms with E-state index in [9.17, 15) is 5.11 Å². The second-order valence-corrected chi connectivity index (χ2v) is 4.99. The predicted octanol–water partition coefficient (Wildman–Crippen LogP) is 1.10. The number of aryl methyl sites for hydroxylation is 2. The molecule has 16 heavy (non-hydrogen) atoms. The second-order valence-electron chi connectivity index (χ2n) is 4.99. The van der Waals surface area contributed by atoms with E-state index in [0.29, 0.717) is 12.6 Å². The van der Waals surface area contributed by atoms with Gasteiger partial charge >= 0.3 is 0 Å². The fraction of sp³-hybridized carbons (Fsp3) is 0.750. The molecule has 1 atom stereocenters. The molecule has 4 nitrogen and oxygen atoms in total. The number of imidazole rings is 1. The minimum Gasteiger partial charge on any atom is -0.389 e. The minimum atomic E-state index is -0.670. The Kier molecular flexibility index (Phi) is 4.50. The van der Waals surface area contributed by atoms with E-state index in [4.69, 9.17) is 0 Å². The van der Waals surface area contributed by atoms with E-state index in [1.54, 1.807) is 6.20 Å². The third-order valence-electron chi connectivity index (χ3n) is 2.70. The second kappa shape index (κ2) is 5.46. The van der Waals surface area contributed by atoms with E-state index in [-0.39, 0.29) is 0 Å². The zero-order chi connectivity index (χ0) is 12.2. The summed E-state index contributed by atoms with van der Waals surface area (Å²) in [7, 11) is 1.98. The smallest absolute Gasteiger partial charge is 0.108 e. The number of nitrogens with one attached hydrogen (secondary N) is 1. The summed E-state index contributed by atoms with van der Waals surface area (Å²) in [5.74, 6) is 1.02. The topological polar surface area (TPSA) is 50.1 Å². The first-order valence-electron chi connectivity index (χ1n) is 5.83. The number of rotatable bonds is 6. The highest BCUT2D eigenvalue weighted by Crippen LogP contribution is 2.12. The molecule has 1 unspecified atom stereocenters. The van der Waals surface area contributed by atoms with Gasteiger partial charge in [0.05, 0.1) is 5.60 Å². The quantitative estimate of drug-likeness (QED) is 0.762. The first kappa shape index (κ1) is 13.2. The fourth-order valence-electron chi connectivity index (χ4n) is 1.53. The summed E-state index contributed by atoms with van der Waals surface area (Å²) in [6.45, 7) is 6.64. The van der Waals surface area contributed by atoms with Gasteiger partial charge in [0.2, 0.25) is 0 Å². The molecule has 0 saturated heterocycles. The average molecular weight is 225 g/mol. The van der Waals surface area contributed by atoms with E-state index in [1.807, 2.05) is 24.7 Å². The van der Waals surface area contributed by atoms with Gasteiger partial charge in [-0.15, -0.1) is 0 Å². The zero-order valence-corrected chi connectivity index (χ0v) is 10.7. The maximum absolute atomic E-state index is 10.2. The molecule has 1 aromatic rings. The molecule has 0 aliphatic rings. The van der Waals surface area contributed by atoms with Crippen LogP contribution in [0.25, 0.3) is 0 Å². The van der Waals surface area contributed by atoms with Crippen LogP contribution >= 0.6 is 0 Å². The molecule has 0 bridgehead atoms. The van der Waals surface area contributed by atoms with Crippen LogP contribution in [0.1, 0.15) is 33.0 Å². The zero-order valence-electron chi connectivity index (χ0n) is 10.7. The maximum Gasteiger partial charge on any atom is 0.108 e. The molecule has 0 spiro atoms. The predicted molar refractivity (Wildman–Crippen MR) is 65.3 cm³/mol. The molecular formula is C12H23N3O. The molecule has 1 aromatic heterocycles. The van der Waals surface area contributed by atoms with E-state index >= 15 is 0 Å². The van der Waals surface area contributed by atoms with E-state index in [2.05, 4.69) is 24.1 Å². The number of aliphatic hydroxyl groups is 1. The van der Waals surface area contributed by atoms with Crippen LogP contribution in [0, 0.1) is 0 Å². The van der Waals surface area contributed by atoms with Crippen LogP contribution in [0.3, 0.4) is 0 Å². The summed E-state index contributed by atoms with van der Waals surface area (Å²) in [6.07, 6.45) is 5.24. The van der Waals surface area contributed by atoms with Crippen molar-refractivity contribution in [3.05, 3.63) is 18.2 Å². The van der Waals surface area contributed by atoms with Crippen molar-refractivity contribution >= 4 is 0 Å². The number of hydrogen-bond acceptors (Lipinski definition) is 3. The van der Waals surface area contributed by atoms with Crippen molar-refractivity contribution in [1.29, 1.82) is 0 Å². The van der Waals surface area contributed by atoms with E-state index in [0.717, 1.165) is 18.7 Å². The van der Waals surface area contributed by atoms with Gasteiger partial charge in [-0.2, -0.15) is 0 Å². The Bertz CT molecular complexity index is 318. The Morgan fingerprint density at radius 2 is 2.25 bits per heavy atom. The molecular weight excluding hydrogens is 202 g/mol. The van der Waals surface area contributed by atoms with Gasteiger partial charge in [0.1, 0.15) is 5.82 Å². The lowest BCUT2D eigenvalue weighted by molar-refractivity contribution is 0.0485. The van der Waals surface area contributed by atoms with Crippen LogP contribution in [0.5, 0.6) is 0 Å². The van der Waals surface area contributed by atoms with Gasteiger partial charge in [-0.3, -0.25) is 0 Å². The summed E-state index contributed by atoms with van der Waals surface area (Å²) in [5, 5.41) is 13.4. The molecule has 2 N–H and O–H groups in total. The molecule has 0 fully saturated rings. The maximum atomic E-state index is 10.2. The van der Waals surface area contributed by atoms with Crippen molar-refractivity contribution in [2.75, 3.05) is 6.54 Å². The molecule has 0 aliphatic heterocycles. The third-order valence-corrected chi connectivity index (χ3v) is 2.70. The van der Waals surface area contributed by atoms with E-state index in [1.165, 1.54) is 0 Å². The van der Waals surface area contributed by atoms with Crippen molar-refractivity contribution in [1.82, 2.24) is 14.9 Å². The van der Waals surface area contributed by atoms with Crippen LogP contribution in [-0.2, 0) is 13.5 Å². The minimum absolute atomic E-state index is 0.402. The van der Waals surface area contributed by atoms with Gasteiger partial charge in [-0.05, 0) is 13.3 Å². The van der Waals surface area contributed by atoms with Crippen LogP contribution in [-0.4, -0.2) is 32.8 Å². The largest absolute Gasteiger partial charge is 0.389 e. The summed E-state index contributed by atoms with van der Waals surface area (Å²) >= 11 is 0. The van der Waals surface area contributed by atoms with Crippen molar-refractivity contribution in [3.8, 4) is 0 Å². The molecule has 4 heteroatoms. The Labute approximate surface area is 97.7 Å². The molecule has 92 valence electrons. The van der Waals surface area contributed by atoms with Crippen molar-refractivity contribution < 1.29 is 5.11 Å². The van der Waals surface area contributed by atoms with Crippen LogP contribution in [0.15, 0.2) is 12.4 Å². The normalized spacial score (nSPS) is 15.4. The summed E-state index contributed by atoms with van der Waals surface area (Å²) < 4.78 is 1.99. The molecule has 0 radical (unpaired) electrons. The van der Waals surface area contributed by atoms with Gasteiger partial charge in [0, 0.05) is 38.4 Å². The first-order chi connectivity index (χ1) is 7.41. The SMILES string of the molecule is CC(C)NCC(C)(O)CCc1nccn1C. The van der Waals surface area contributed by atoms with Gasteiger partial charge in [-0.25, -0.2) is 4.98 Å². The summed E-state index contributed by atoms with van der Waals surface area (Å²) in [5.41, 5.74) is -0.670. The number of hydrogen-bond donors (Lipinski definition) is 2. The fourth-order valence-corrected chi connectivity index (χ4v) is 1.53. The summed E-state index contributed by atoms with van der Waals surface area (Å²) in [6, 6.07) is 0.402. The van der Waals surface area contributed by atoms with Crippen molar-refractivity contribution in [2.45, 2.75) is 45.3 Å². The standard InChI is InChI=1S/C12H23N3O/c1-10(2)14-9-12(3,16)6-5-11-13-7-8-15(11)4/h7-8,10,14,16H,5-6,9H2,1-4H3. The first-order valence-corrected chi connectivity index (χ1v) is 5.83. The number of aromatic nitrogens is 2. The molecule has 1 heterocycles. The van der Waals surface area contributed by atoms with Gasteiger partial charge < -0.3 is 15.0 Å². The van der Waals surface area contributed by atoms with Gasteiger partial charge in [-0.1, -0.05) is 13.8 Å². The van der Waals surface area contributed by atoms with Crippen molar-refractivity contribution in [3.63, 3.8) is 0 Å². The van der Waals surface area contributed by atoms with Gasteiger partial charge in [0.15, 0.2) is 0 Å². The highest BCUT2D eigenvalue weighted by molar-refractivity contribution is 4.93. The average Bonchev–Trinajstić information content (AvgIpc) is 2.59. The Morgan fingerprint density at radius 3 is 2.75 bits per heavy atom. The Balaban J connectivity index is 2.38. The molecule has 0 amide bonds. The van der Waals surface area contributed by atoms with E-state index < -0.39 is 5.60 Å². The highest BCUT2D eigenvalue weighted by atomic mass is 16.3. The molecule has 0 saturated carbocycles. The lowest BCUT2D eigenvalue weighted by Gasteiger charge is -2.24. The Morgan fingerprint density at radius 1 is 1.56 bits per heavy atom. The summed E-state index contributed by atoms with van der Waals surface area (Å²) in [4.78, 5) is 4.25. The highest BCUT2D eigenvalue weighted by Gasteiger charge is 2.20. The van der Waals surface area contributed by atoms with Crippen LogP contribution in [0.4, 0.5) is 0 Å². The van der Waals surface area contributed by atoms with Gasteiger partial charge in [0.25, 0.3) is 0 Å². The number of nitrogens with zero attached hydrogens (tertiary/aromatic N) is 2. The molecule has 0 aromatic carbocycles. The third kappa shape index (κ3) is 4.33. The molecule has 0 aliphatic carbocycles. The van der Waals surface area contributed by atoms with Crippen LogP contribution < -0.4 is 5.32 Å². The lowest BCUT2D eigenvalue weighted by atomic mass is 9.99. The van der Waals surface area contributed by atoms with Crippen LogP contribution in [0.2, 0.25) is 0 Å². The Hall–Kier alpha value is -0.870. The monoisotopic (exact) mass is 225 g/mol.